The largest absolute Gasteiger partial charge is 0.460 e. The summed E-state index contributed by atoms with van der Waals surface area (Å²) in [5, 5.41) is -15.5. The molecule has 234 valence electrons. The number of halogens is 18. The van der Waals surface area contributed by atoms with Crippen LogP contribution in [0.4, 0.5) is 79.0 Å². The van der Waals surface area contributed by atoms with Crippen LogP contribution in [0, 0.1) is 0 Å². The summed E-state index contributed by atoms with van der Waals surface area (Å²) in [5.41, 5.74) is -2.92. The number of carbonyl (C=O) groups excluding carboxylic acids is 2. The minimum Gasteiger partial charge on any atom is -0.288 e. The second kappa shape index (κ2) is 9.05. The summed E-state index contributed by atoms with van der Waals surface area (Å²) in [6.45, 7) is 0. The Hall–Kier alpha value is -2.39. The Bertz CT molecular complexity index is 1330. The van der Waals surface area contributed by atoms with Gasteiger partial charge in [-0.3, -0.25) is 9.59 Å². The summed E-state index contributed by atoms with van der Waals surface area (Å²) >= 11 is 0. The van der Waals surface area contributed by atoms with Crippen LogP contribution < -0.4 is 4.72 Å². The third kappa shape index (κ3) is 4.67. The molecule has 1 fully saturated rings. The van der Waals surface area contributed by atoms with E-state index in [2.05, 4.69) is 0 Å². The molecule has 0 aromatic heterocycles. The predicted octanol–water partition coefficient (Wildman–Crippen LogP) is 3.05. The number of sulfonamides is 2. The van der Waals surface area contributed by atoms with Gasteiger partial charge in [0.2, 0.25) is 11.6 Å². The van der Waals surface area contributed by atoms with Crippen molar-refractivity contribution in [2.24, 2.45) is 4.40 Å². The first-order valence-electron chi connectivity index (χ1n) is 8.36. The standard InChI is InChI=1S/C12H2F18N2O6S2/c13-5(14,9(21,22)23)7(17,18)11(27,28)39(35,36)31-1-2(4(34)3(1)33)32-40(37,38)12(29,30)8(19,20)6(15,16)10(24,25)26/h1,31H. The smallest absolute Gasteiger partial charge is 0.288 e. The Balaban J connectivity index is 3.65. The van der Waals surface area contributed by atoms with Gasteiger partial charge in [-0.2, -0.15) is 96.6 Å². The average molecular weight is 676 g/mol. The number of nitrogens with zero attached hydrogens (tertiary/aromatic N) is 1. The maximum atomic E-state index is 13.7. The first-order chi connectivity index (χ1) is 17.0. The van der Waals surface area contributed by atoms with Crippen LogP contribution in [0.25, 0.3) is 0 Å². The molecule has 1 unspecified atom stereocenters. The maximum absolute atomic E-state index is 13.7. The monoisotopic (exact) mass is 676 g/mol. The SMILES string of the molecule is O=C1C(=O)C(NS(=O)(=O)C(F)(F)C(F)(F)C(F)(F)C(F)(F)F)C1=NS(=O)(=O)C(F)(F)C(F)(F)C(F)(F)C(F)(F)F. The molecule has 0 bridgehead atoms. The van der Waals surface area contributed by atoms with E-state index in [0.717, 1.165) is 0 Å². The molecule has 40 heavy (non-hydrogen) atoms. The molecule has 1 aliphatic carbocycles. The van der Waals surface area contributed by atoms with Crippen LogP contribution in [0.1, 0.15) is 0 Å². The Morgan fingerprint density at radius 1 is 0.550 bits per heavy atom. The van der Waals surface area contributed by atoms with Crippen molar-refractivity contribution < 1.29 is 105 Å². The average Bonchev–Trinajstić information content (AvgIpc) is 2.73. The topological polar surface area (TPSA) is 127 Å². The van der Waals surface area contributed by atoms with Crippen LogP contribution in [0.15, 0.2) is 4.40 Å². The van der Waals surface area contributed by atoms with E-state index in [1.165, 1.54) is 4.40 Å². The molecule has 28 heteroatoms. The molecule has 8 nitrogen and oxygen atoms in total. The molecular formula is C12H2F18N2O6S2. The molecular weight excluding hydrogens is 674 g/mol. The van der Waals surface area contributed by atoms with Gasteiger partial charge in [-0.15, -0.1) is 0 Å². The Morgan fingerprint density at radius 3 is 1.20 bits per heavy atom. The highest BCUT2D eigenvalue weighted by Gasteiger charge is 2.87. The second-order valence-electron chi connectivity index (χ2n) is 7.03. The van der Waals surface area contributed by atoms with Crippen molar-refractivity contribution in [1.29, 1.82) is 0 Å². The summed E-state index contributed by atoms with van der Waals surface area (Å²) in [6, 6.07) is -3.99. The molecule has 0 saturated heterocycles. The molecule has 0 aromatic carbocycles. The summed E-state index contributed by atoms with van der Waals surface area (Å²) in [4.78, 5) is 22.5. The van der Waals surface area contributed by atoms with Gasteiger partial charge >= 0.3 is 56.6 Å². The Kier molecular flexibility index (Phi) is 8.07. The lowest BCUT2D eigenvalue weighted by Crippen LogP contribution is -2.69. The predicted molar refractivity (Wildman–Crippen MR) is 84.0 cm³/mol. The maximum Gasteiger partial charge on any atom is 0.460 e. The lowest BCUT2D eigenvalue weighted by molar-refractivity contribution is -0.382. The fourth-order valence-electron chi connectivity index (χ4n) is 2.11. The van der Waals surface area contributed by atoms with Gasteiger partial charge in [0, 0.05) is 0 Å². The van der Waals surface area contributed by atoms with Gasteiger partial charge in [-0.25, -0.2) is 8.42 Å². The fourth-order valence-corrected chi connectivity index (χ4v) is 4.26. The molecule has 0 aromatic rings. The van der Waals surface area contributed by atoms with Gasteiger partial charge in [-0.05, 0) is 0 Å². The van der Waals surface area contributed by atoms with Crippen LogP contribution in [0.2, 0.25) is 0 Å². The Labute approximate surface area is 205 Å². The van der Waals surface area contributed by atoms with Crippen LogP contribution in [-0.2, 0) is 29.6 Å². The molecule has 1 atom stereocenters. The van der Waals surface area contributed by atoms with E-state index in [-0.39, 0.29) is 4.72 Å². The van der Waals surface area contributed by atoms with E-state index < -0.39 is 89.9 Å². The third-order valence-electron chi connectivity index (χ3n) is 4.38. The number of Topliss-reactive ketones (excluding diaryl/α,β-unsaturated/α-hetero) is 2. The van der Waals surface area contributed by atoms with Gasteiger partial charge in [0.1, 0.15) is 11.8 Å². The minimum absolute atomic E-state index is 0.324. The zero-order valence-corrected chi connectivity index (χ0v) is 18.7. The van der Waals surface area contributed by atoms with Crippen molar-refractivity contribution in [3.8, 4) is 0 Å². The highest BCUT2D eigenvalue weighted by molar-refractivity contribution is 7.91. The van der Waals surface area contributed by atoms with Gasteiger partial charge < -0.3 is 0 Å². The summed E-state index contributed by atoms with van der Waals surface area (Å²) in [6.07, 6.45) is -15.3. The fraction of sp³-hybridized carbons (Fsp3) is 0.750. The lowest BCUT2D eigenvalue weighted by Gasteiger charge is -2.35. The van der Waals surface area contributed by atoms with Crippen molar-refractivity contribution >= 4 is 37.3 Å². The highest BCUT2D eigenvalue weighted by Crippen LogP contribution is 2.56. The van der Waals surface area contributed by atoms with Crippen LogP contribution >= 0.6 is 0 Å². The van der Waals surface area contributed by atoms with Gasteiger partial charge in [-0.1, -0.05) is 0 Å². The zero-order valence-electron chi connectivity index (χ0n) is 17.1. The van der Waals surface area contributed by atoms with Crippen molar-refractivity contribution in [2.75, 3.05) is 0 Å². The Morgan fingerprint density at radius 2 is 0.875 bits per heavy atom. The quantitative estimate of drug-likeness (QED) is 0.296. The minimum atomic E-state index is -8.06. The number of alkyl halides is 18. The molecule has 0 radical (unpaired) electrons. The van der Waals surface area contributed by atoms with E-state index in [9.17, 15) is 105 Å². The first-order valence-corrected chi connectivity index (χ1v) is 11.3. The molecule has 0 spiro atoms. The summed E-state index contributed by atoms with van der Waals surface area (Å²) < 4.78 is 278. The number of nitrogens with one attached hydrogen (secondary N) is 1. The summed E-state index contributed by atoms with van der Waals surface area (Å²) in [5.74, 6) is -37.5. The number of hydrogen-bond acceptors (Lipinski definition) is 6. The van der Waals surface area contributed by atoms with Crippen LogP contribution in [0.5, 0.6) is 0 Å². The number of hydrogen-bond donors (Lipinski definition) is 1. The number of carbonyl (C=O) groups is 2. The molecule has 0 aliphatic heterocycles. The highest BCUT2D eigenvalue weighted by atomic mass is 32.2. The first kappa shape index (κ1) is 35.6. The third-order valence-corrected chi connectivity index (χ3v) is 7.20. The second-order valence-corrected chi connectivity index (χ2v) is 10.4. The van der Waals surface area contributed by atoms with Crippen LogP contribution in [-0.4, -0.2) is 86.7 Å². The normalized spacial score (nSPS) is 20.6. The van der Waals surface area contributed by atoms with Gasteiger partial charge in [0.25, 0.3) is 10.0 Å². The molecule has 1 saturated carbocycles. The lowest BCUT2D eigenvalue weighted by atomic mass is 9.88. The molecule has 1 aliphatic rings. The van der Waals surface area contributed by atoms with E-state index in [1.807, 2.05) is 0 Å². The van der Waals surface area contributed by atoms with E-state index in [4.69, 9.17) is 0 Å². The molecule has 1 rings (SSSR count). The molecule has 0 amide bonds. The number of rotatable bonds is 9. The van der Waals surface area contributed by atoms with E-state index in [0.29, 0.717) is 0 Å². The van der Waals surface area contributed by atoms with Crippen molar-refractivity contribution in [3.05, 3.63) is 0 Å². The van der Waals surface area contributed by atoms with Crippen LogP contribution in [0.3, 0.4) is 0 Å². The van der Waals surface area contributed by atoms with E-state index >= 15 is 0 Å². The van der Waals surface area contributed by atoms with Crippen molar-refractivity contribution in [1.82, 2.24) is 4.72 Å². The van der Waals surface area contributed by atoms with Crippen molar-refractivity contribution in [2.45, 2.75) is 52.6 Å². The molecule has 1 N–H and O–H groups in total. The molecule has 0 heterocycles. The van der Waals surface area contributed by atoms with Gasteiger partial charge in [0.15, 0.2) is 0 Å². The number of ketones is 2. The van der Waals surface area contributed by atoms with Crippen molar-refractivity contribution in [3.63, 3.8) is 0 Å². The zero-order chi connectivity index (χ0) is 32.7. The van der Waals surface area contributed by atoms with E-state index in [1.54, 1.807) is 0 Å². The van der Waals surface area contributed by atoms with Gasteiger partial charge in [0.05, 0.1) is 0 Å². The summed E-state index contributed by atoms with van der Waals surface area (Å²) in [7, 11) is -16.0.